The van der Waals surface area contributed by atoms with Gasteiger partial charge in [0.25, 0.3) is 5.91 Å². The summed E-state index contributed by atoms with van der Waals surface area (Å²) in [4.78, 5) is 29.1. The molecule has 0 bridgehead atoms. The first-order valence-electron chi connectivity index (χ1n) is 4.46. The van der Waals surface area contributed by atoms with Gasteiger partial charge in [-0.2, -0.15) is 0 Å². The van der Waals surface area contributed by atoms with Crippen molar-refractivity contribution in [2.75, 3.05) is 6.54 Å². The fourth-order valence-corrected chi connectivity index (χ4v) is 0.948. The molecule has 2 N–H and O–H groups in total. The van der Waals surface area contributed by atoms with Gasteiger partial charge in [-0.05, 0) is 6.42 Å². The van der Waals surface area contributed by atoms with Crippen LogP contribution >= 0.6 is 0 Å². The summed E-state index contributed by atoms with van der Waals surface area (Å²) in [5.74, 6) is -1.21. The van der Waals surface area contributed by atoms with E-state index in [1.807, 2.05) is 0 Å². The molecule has 0 aliphatic carbocycles. The van der Waals surface area contributed by atoms with E-state index in [9.17, 15) is 9.59 Å². The van der Waals surface area contributed by atoms with Crippen molar-refractivity contribution in [2.24, 2.45) is 0 Å². The van der Waals surface area contributed by atoms with Gasteiger partial charge < -0.3 is 10.4 Å². The molecule has 1 rings (SSSR count). The number of aliphatic carboxylic acids is 1. The molecule has 80 valence electrons. The Labute approximate surface area is 86.4 Å². The lowest BCUT2D eigenvalue weighted by Gasteiger charge is -2.02. The molecule has 6 heteroatoms. The molecule has 0 saturated heterocycles. The van der Waals surface area contributed by atoms with Crippen LogP contribution in [0.4, 0.5) is 0 Å². The second-order valence-corrected chi connectivity index (χ2v) is 2.84. The highest BCUT2D eigenvalue weighted by atomic mass is 16.4. The molecule has 0 radical (unpaired) electrons. The molecule has 6 nitrogen and oxygen atoms in total. The van der Waals surface area contributed by atoms with E-state index >= 15 is 0 Å². The standard InChI is InChI=1S/C9H11N3O3/c13-8(14)2-1-3-12-9(15)7-6-10-4-5-11-7/h4-6H,1-3H2,(H,12,15)(H,13,14). The zero-order chi connectivity index (χ0) is 11.1. The highest BCUT2D eigenvalue weighted by Crippen LogP contribution is 1.91. The van der Waals surface area contributed by atoms with E-state index in [0.29, 0.717) is 13.0 Å². The number of aromatic nitrogens is 2. The molecule has 1 amide bonds. The van der Waals surface area contributed by atoms with Crippen LogP contribution < -0.4 is 5.32 Å². The normalized spacial score (nSPS) is 9.60. The topological polar surface area (TPSA) is 92.2 Å². The quantitative estimate of drug-likeness (QED) is 0.669. The first kappa shape index (κ1) is 11.1. The third kappa shape index (κ3) is 4.17. The zero-order valence-electron chi connectivity index (χ0n) is 8.01. The molecule has 0 atom stereocenters. The minimum absolute atomic E-state index is 0.0424. The van der Waals surface area contributed by atoms with Gasteiger partial charge in [0.05, 0.1) is 6.20 Å². The van der Waals surface area contributed by atoms with E-state index in [0.717, 1.165) is 0 Å². The SMILES string of the molecule is O=C(O)CCCNC(=O)c1cnccn1. The van der Waals surface area contributed by atoms with Crippen molar-refractivity contribution in [3.05, 3.63) is 24.3 Å². The van der Waals surface area contributed by atoms with Crippen LogP contribution in [0.25, 0.3) is 0 Å². The predicted octanol–water partition coefficient (Wildman–Crippen LogP) is 0.0712. The third-order valence-electron chi connectivity index (χ3n) is 1.65. The molecular formula is C9H11N3O3. The summed E-state index contributed by atoms with van der Waals surface area (Å²) in [6.45, 7) is 0.321. The lowest BCUT2D eigenvalue weighted by molar-refractivity contribution is -0.137. The smallest absolute Gasteiger partial charge is 0.303 e. The van der Waals surface area contributed by atoms with Gasteiger partial charge in [-0.25, -0.2) is 4.98 Å². The number of nitrogens with zero attached hydrogens (tertiary/aromatic N) is 2. The Morgan fingerprint density at radius 1 is 1.40 bits per heavy atom. The molecule has 0 aromatic carbocycles. The average Bonchev–Trinajstić information content (AvgIpc) is 2.25. The lowest BCUT2D eigenvalue weighted by Crippen LogP contribution is -2.25. The monoisotopic (exact) mass is 209 g/mol. The fraction of sp³-hybridized carbons (Fsp3) is 0.333. The molecule has 1 heterocycles. The van der Waals surface area contributed by atoms with Gasteiger partial charge in [0.2, 0.25) is 0 Å². The second kappa shape index (κ2) is 5.69. The van der Waals surface area contributed by atoms with Crippen molar-refractivity contribution in [1.29, 1.82) is 0 Å². The minimum atomic E-state index is -0.872. The largest absolute Gasteiger partial charge is 0.481 e. The molecule has 1 aromatic rings. The molecular weight excluding hydrogens is 198 g/mol. The number of hydrogen-bond donors (Lipinski definition) is 2. The molecule has 1 aromatic heterocycles. The van der Waals surface area contributed by atoms with E-state index in [1.54, 1.807) is 0 Å². The summed E-state index contributed by atoms with van der Waals surface area (Å²) < 4.78 is 0. The number of amides is 1. The zero-order valence-corrected chi connectivity index (χ0v) is 8.01. The van der Waals surface area contributed by atoms with Gasteiger partial charge in [-0.3, -0.25) is 14.6 Å². The van der Waals surface area contributed by atoms with Crippen molar-refractivity contribution >= 4 is 11.9 Å². The Hall–Kier alpha value is -1.98. The summed E-state index contributed by atoms with van der Waals surface area (Å²) in [6.07, 6.45) is 4.70. The first-order valence-corrected chi connectivity index (χ1v) is 4.46. The highest BCUT2D eigenvalue weighted by molar-refractivity contribution is 5.91. The van der Waals surface area contributed by atoms with Crippen molar-refractivity contribution in [1.82, 2.24) is 15.3 Å². The second-order valence-electron chi connectivity index (χ2n) is 2.84. The van der Waals surface area contributed by atoms with Crippen LogP contribution in [0.1, 0.15) is 23.3 Å². The van der Waals surface area contributed by atoms with Crippen LogP contribution in [-0.2, 0) is 4.79 Å². The Balaban J connectivity index is 2.28. The van der Waals surface area contributed by atoms with Crippen LogP contribution in [0.15, 0.2) is 18.6 Å². The highest BCUT2D eigenvalue weighted by Gasteiger charge is 2.05. The fourth-order valence-electron chi connectivity index (χ4n) is 0.948. The molecule has 0 spiro atoms. The van der Waals surface area contributed by atoms with Crippen LogP contribution in [0, 0.1) is 0 Å². The summed E-state index contributed by atoms with van der Waals surface area (Å²) in [5, 5.41) is 10.9. The van der Waals surface area contributed by atoms with Gasteiger partial charge in [0.1, 0.15) is 5.69 Å². The molecule has 0 saturated carbocycles. The molecule has 0 fully saturated rings. The summed E-state index contributed by atoms with van der Waals surface area (Å²) in [7, 11) is 0. The lowest BCUT2D eigenvalue weighted by atomic mass is 10.3. The van der Waals surface area contributed by atoms with Crippen LogP contribution in [0.3, 0.4) is 0 Å². The van der Waals surface area contributed by atoms with E-state index < -0.39 is 5.97 Å². The summed E-state index contributed by atoms with van der Waals surface area (Å²) in [6, 6.07) is 0. The van der Waals surface area contributed by atoms with Crippen LogP contribution in [0.2, 0.25) is 0 Å². The Kier molecular flexibility index (Phi) is 4.21. The van der Waals surface area contributed by atoms with Crippen LogP contribution in [-0.4, -0.2) is 33.5 Å². The number of rotatable bonds is 5. The maximum atomic E-state index is 11.3. The van der Waals surface area contributed by atoms with Crippen molar-refractivity contribution in [3.63, 3.8) is 0 Å². The van der Waals surface area contributed by atoms with Crippen molar-refractivity contribution < 1.29 is 14.7 Å². The van der Waals surface area contributed by atoms with E-state index in [-0.39, 0.29) is 18.0 Å². The number of carboxylic acid groups (broad SMARTS) is 1. The van der Waals surface area contributed by atoms with E-state index in [4.69, 9.17) is 5.11 Å². The predicted molar refractivity (Wildman–Crippen MR) is 51.2 cm³/mol. The molecule has 15 heavy (non-hydrogen) atoms. The molecule has 0 unspecified atom stereocenters. The third-order valence-corrected chi connectivity index (χ3v) is 1.65. The number of carbonyl (C=O) groups excluding carboxylic acids is 1. The van der Waals surface area contributed by atoms with Gasteiger partial charge in [0.15, 0.2) is 0 Å². The van der Waals surface area contributed by atoms with Gasteiger partial charge in [-0.15, -0.1) is 0 Å². The maximum Gasteiger partial charge on any atom is 0.303 e. The van der Waals surface area contributed by atoms with Gasteiger partial charge in [0, 0.05) is 25.4 Å². The molecule has 0 aliphatic rings. The Bertz CT molecular complexity index is 340. The van der Waals surface area contributed by atoms with Gasteiger partial charge in [-0.1, -0.05) is 0 Å². The number of carboxylic acids is 1. The van der Waals surface area contributed by atoms with Crippen molar-refractivity contribution in [2.45, 2.75) is 12.8 Å². The first-order chi connectivity index (χ1) is 7.20. The summed E-state index contributed by atoms with van der Waals surface area (Å²) >= 11 is 0. The average molecular weight is 209 g/mol. The van der Waals surface area contributed by atoms with E-state index in [1.165, 1.54) is 18.6 Å². The van der Waals surface area contributed by atoms with Crippen molar-refractivity contribution in [3.8, 4) is 0 Å². The van der Waals surface area contributed by atoms with E-state index in [2.05, 4.69) is 15.3 Å². The number of nitrogens with one attached hydrogen (secondary N) is 1. The maximum absolute atomic E-state index is 11.3. The van der Waals surface area contributed by atoms with Crippen LogP contribution in [0.5, 0.6) is 0 Å². The number of hydrogen-bond acceptors (Lipinski definition) is 4. The Morgan fingerprint density at radius 2 is 2.20 bits per heavy atom. The van der Waals surface area contributed by atoms with Gasteiger partial charge >= 0.3 is 5.97 Å². The number of carbonyl (C=O) groups is 2. The molecule has 0 aliphatic heterocycles. The Morgan fingerprint density at radius 3 is 2.80 bits per heavy atom. The summed E-state index contributed by atoms with van der Waals surface area (Å²) in [5.41, 5.74) is 0.229. The minimum Gasteiger partial charge on any atom is -0.481 e.